The average molecular weight is 498 g/mol. The second-order valence-corrected chi connectivity index (χ2v) is 8.33. The lowest BCUT2D eigenvalue weighted by Crippen LogP contribution is -3.12. The fourth-order valence-corrected chi connectivity index (χ4v) is 4.10. The molecule has 0 saturated carbocycles. The Balaban J connectivity index is 1.61. The van der Waals surface area contributed by atoms with E-state index < -0.39 is 13.2 Å². The molecule has 1 saturated heterocycles. The zero-order valence-corrected chi connectivity index (χ0v) is 19.2. The molecule has 0 spiro atoms. The second kappa shape index (κ2) is 11.7. The Kier molecular flexibility index (Phi) is 8.17. The molecule has 1 unspecified atom stereocenters. The number of quaternary nitrogens is 1. The third-order valence-electron chi connectivity index (χ3n) is 5.65. The molecule has 0 aromatic heterocycles. The minimum Gasteiger partial charge on any atom is -0.435 e. The number of piperidine rings is 1. The van der Waals surface area contributed by atoms with E-state index in [-0.39, 0.29) is 17.3 Å². The summed E-state index contributed by atoms with van der Waals surface area (Å²) in [7, 11) is 0. The van der Waals surface area contributed by atoms with Crippen LogP contribution in [0.15, 0.2) is 90.0 Å². The molecule has 0 radical (unpaired) electrons. The zero-order valence-electron chi connectivity index (χ0n) is 19.2. The van der Waals surface area contributed by atoms with Gasteiger partial charge in [-0.1, -0.05) is 54.6 Å². The van der Waals surface area contributed by atoms with Crippen LogP contribution in [0, 0.1) is 0 Å². The van der Waals surface area contributed by atoms with Crippen molar-refractivity contribution in [2.45, 2.75) is 19.8 Å². The van der Waals surface area contributed by atoms with Crippen LogP contribution in [0.4, 0.5) is 17.6 Å². The summed E-state index contributed by atoms with van der Waals surface area (Å²) in [5.41, 5.74) is 3.67. The molecule has 0 bridgehead atoms. The largest absolute Gasteiger partial charge is 0.435 e. The van der Waals surface area contributed by atoms with Crippen molar-refractivity contribution in [3.8, 4) is 11.5 Å². The van der Waals surface area contributed by atoms with Crippen molar-refractivity contribution in [2.75, 3.05) is 13.1 Å². The van der Waals surface area contributed by atoms with Gasteiger partial charge in [-0.15, -0.1) is 0 Å². The molecule has 0 aliphatic carbocycles. The predicted molar refractivity (Wildman–Crippen MR) is 128 cm³/mol. The van der Waals surface area contributed by atoms with Gasteiger partial charge in [0.25, 0.3) is 0 Å². The smallest absolute Gasteiger partial charge is 0.387 e. The first-order valence-electron chi connectivity index (χ1n) is 11.3. The fourth-order valence-electron chi connectivity index (χ4n) is 4.10. The van der Waals surface area contributed by atoms with Gasteiger partial charge in [0.1, 0.15) is 31.1 Å². The molecule has 4 nitrogen and oxygen atoms in total. The number of hydrogen-bond donors (Lipinski definition) is 1. The SMILES string of the molecule is O=C1/C(=C\c2ccc(OC(F)F)cc2)C[NH+](Cc2ccccc2)C/C1=C\c1ccc(OC(F)F)cc1. The van der Waals surface area contributed by atoms with E-state index >= 15 is 0 Å². The third-order valence-corrected chi connectivity index (χ3v) is 5.65. The Morgan fingerprint density at radius 2 is 1.14 bits per heavy atom. The van der Waals surface area contributed by atoms with Crippen LogP contribution in [0.3, 0.4) is 0 Å². The minimum atomic E-state index is -2.91. The van der Waals surface area contributed by atoms with Crippen molar-refractivity contribution in [1.29, 1.82) is 0 Å². The summed E-state index contributed by atoms with van der Waals surface area (Å²) in [5, 5.41) is 0. The fraction of sp³-hybridized carbons (Fsp3) is 0.179. The van der Waals surface area contributed by atoms with E-state index in [2.05, 4.69) is 9.47 Å². The Bertz CT molecular complexity index is 1150. The van der Waals surface area contributed by atoms with Crippen LogP contribution in [-0.4, -0.2) is 32.1 Å². The molecule has 1 aliphatic heterocycles. The quantitative estimate of drug-likeness (QED) is 0.350. The van der Waals surface area contributed by atoms with Gasteiger partial charge in [-0.3, -0.25) is 4.79 Å². The van der Waals surface area contributed by atoms with Crippen molar-refractivity contribution in [2.24, 2.45) is 0 Å². The van der Waals surface area contributed by atoms with Gasteiger partial charge in [-0.25, -0.2) is 0 Å². The van der Waals surface area contributed by atoms with Crippen LogP contribution >= 0.6 is 0 Å². The number of nitrogens with one attached hydrogen (secondary N) is 1. The van der Waals surface area contributed by atoms with E-state index in [4.69, 9.17) is 0 Å². The Labute approximate surface area is 206 Å². The molecule has 4 rings (SSSR count). The Hall–Kier alpha value is -3.91. The lowest BCUT2D eigenvalue weighted by molar-refractivity contribution is -0.904. The van der Waals surface area contributed by atoms with Crippen LogP contribution in [0.1, 0.15) is 16.7 Å². The van der Waals surface area contributed by atoms with Crippen molar-refractivity contribution in [3.05, 3.63) is 107 Å². The average Bonchev–Trinajstić information content (AvgIpc) is 2.84. The third kappa shape index (κ3) is 7.05. The summed E-state index contributed by atoms with van der Waals surface area (Å²) in [6, 6.07) is 22.1. The molecule has 1 atom stereocenters. The first-order valence-corrected chi connectivity index (χ1v) is 11.3. The number of rotatable bonds is 8. The molecule has 3 aromatic carbocycles. The zero-order chi connectivity index (χ0) is 25.5. The van der Waals surface area contributed by atoms with Crippen LogP contribution in [0.2, 0.25) is 0 Å². The van der Waals surface area contributed by atoms with Gasteiger partial charge in [-0.05, 0) is 47.5 Å². The maximum atomic E-state index is 13.4. The first-order chi connectivity index (χ1) is 17.4. The standard InChI is InChI=1S/C28H23F4NO3/c29-27(30)35-24-10-6-19(7-11-24)14-22-17-33(16-21-4-2-1-3-5-21)18-23(26(22)34)15-20-8-12-25(13-9-20)36-28(31)32/h1-15,27-28H,16-18H2/p+1/b22-14-,23-15+. The molecule has 36 heavy (non-hydrogen) atoms. The maximum absolute atomic E-state index is 13.4. The second-order valence-electron chi connectivity index (χ2n) is 8.33. The number of carbonyl (C=O) groups is 1. The highest BCUT2D eigenvalue weighted by Crippen LogP contribution is 2.21. The maximum Gasteiger partial charge on any atom is 0.387 e. The highest BCUT2D eigenvalue weighted by atomic mass is 19.3. The molecule has 8 heteroatoms. The summed E-state index contributed by atoms with van der Waals surface area (Å²) < 4.78 is 58.5. The van der Waals surface area contributed by atoms with E-state index in [1.54, 1.807) is 36.4 Å². The number of halogens is 4. The van der Waals surface area contributed by atoms with Gasteiger partial charge in [-0.2, -0.15) is 17.6 Å². The van der Waals surface area contributed by atoms with E-state index in [1.807, 2.05) is 30.3 Å². The van der Waals surface area contributed by atoms with Gasteiger partial charge < -0.3 is 14.4 Å². The van der Waals surface area contributed by atoms with Crippen molar-refractivity contribution < 1.29 is 36.7 Å². The Morgan fingerprint density at radius 1 is 0.694 bits per heavy atom. The summed E-state index contributed by atoms with van der Waals surface area (Å²) in [6.07, 6.45) is 3.51. The minimum absolute atomic E-state index is 0.0401. The summed E-state index contributed by atoms with van der Waals surface area (Å²) in [4.78, 5) is 14.5. The summed E-state index contributed by atoms with van der Waals surface area (Å²) in [6.45, 7) is -4.14. The van der Waals surface area contributed by atoms with Gasteiger partial charge >= 0.3 is 13.2 Å². The van der Waals surface area contributed by atoms with Gasteiger partial charge in [0, 0.05) is 5.56 Å². The van der Waals surface area contributed by atoms with Crippen LogP contribution < -0.4 is 14.4 Å². The van der Waals surface area contributed by atoms with Gasteiger partial charge in [0.15, 0.2) is 5.78 Å². The molecular formula is C28H24F4NO3+. The van der Waals surface area contributed by atoms with Crippen molar-refractivity contribution >= 4 is 17.9 Å². The van der Waals surface area contributed by atoms with Crippen molar-refractivity contribution in [3.63, 3.8) is 0 Å². The van der Waals surface area contributed by atoms with Crippen LogP contribution in [0.5, 0.6) is 11.5 Å². The molecule has 1 aliphatic rings. The molecule has 186 valence electrons. The van der Waals surface area contributed by atoms with Crippen LogP contribution in [-0.2, 0) is 11.3 Å². The Morgan fingerprint density at radius 3 is 1.56 bits per heavy atom. The highest BCUT2D eigenvalue weighted by molar-refractivity contribution is 6.14. The van der Waals surface area contributed by atoms with E-state index in [0.29, 0.717) is 41.9 Å². The lowest BCUT2D eigenvalue weighted by atomic mass is 9.94. The summed E-state index contributed by atoms with van der Waals surface area (Å²) >= 11 is 0. The van der Waals surface area contributed by atoms with E-state index in [9.17, 15) is 22.4 Å². The van der Waals surface area contributed by atoms with Gasteiger partial charge in [0.05, 0.1) is 11.1 Å². The number of ether oxygens (including phenoxy) is 2. The van der Waals surface area contributed by atoms with Crippen LogP contribution in [0.25, 0.3) is 12.2 Å². The number of likely N-dealkylation sites (tertiary alicyclic amines) is 1. The highest BCUT2D eigenvalue weighted by Gasteiger charge is 2.29. The normalized spacial score (nSPS) is 18.3. The molecule has 1 heterocycles. The number of ketones is 1. The van der Waals surface area contributed by atoms with Gasteiger partial charge in [0.2, 0.25) is 0 Å². The monoisotopic (exact) mass is 498 g/mol. The number of alkyl halides is 4. The number of hydrogen-bond acceptors (Lipinski definition) is 3. The summed E-state index contributed by atoms with van der Waals surface area (Å²) in [5.74, 6) is -0.0377. The number of benzene rings is 3. The first kappa shape index (κ1) is 25.2. The molecule has 1 N–H and O–H groups in total. The van der Waals surface area contributed by atoms with E-state index in [0.717, 1.165) is 10.5 Å². The molecule has 0 amide bonds. The van der Waals surface area contributed by atoms with E-state index in [1.165, 1.54) is 24.3 Å². The van der Waals surface area contributed by atoms with Crippen molar-refractivity contribution in [1.82, 2.24) is 0 Å². The topological polar surface area (TPSA) is 40.0 Å². The number of Topliss-reactive ketones (excluding diaryl/α,β-unsaturated/α-hetero) is 1. The molecule has 3 aromatic rings. The predicted octanol–water partition coefficient (Wildman–Crippen LogP) is 5.02. The molecular weight excluding hydrogens is 474 g/mol. The molecule has 1 fully saturated rings. The lowest BCUT2D eigenvalue weighted by Gasteiger charge is -2.27. The number of carbonyl (C=O) groups excluding carboxylic acids is 1.